The molecule has 1 fully saturated rings. The molecule has 1 aromatic rings. The number of hydrogen-bond donors (Lipinski definition) is 2. The van der Waals surface area contributed by atoms with Crippen molar-refractivity contribution < 1.29 is 9.90 Å². The van der Waals surface area contributed by atoms with Gasteiger partial charge in [-0.2, -0.15) is 0 Å². The smallest absolute Gasteiger partial charge is 0.318 e. The first-order valence-corrected chi connectivity index (χ1v) is 8.91. The standard InChI is InChI=1S/C16H28N4O2S/c1-11-9-19(10-16(4,5)22)6-7-20(11)15(21)18-13(3)14-17-8-12(2)23-14/h8,11,13,22H,6-7,9-10H2,1-5H3,(H,18,21). The second kappa shape index (κ2) is 7.15. The highest BCUT2D eigenvalue weighted by Crippen LogP contribution is 2.20. The number of carbonyl (C=O) groups excluding carboxylic acids is 1. The van der Waals surface area contributed by atoms with Crippen LogP contribution in [-0.4, -0.2) is 63.7 Å². The number of nitrogens with zero attached hydrogens (tertiary/aromatic N) is 3. The van der Waals surface area contributed by atoms with Crippen molar-refractivity contribution in [2.45, 2.75) is 52.3 Å². The zero-order valence-corrected chi connectivity index (χ0v) is 15.5. The van der Waals surface area contributed by atoms with Crippen molar-refractivity contribution in [3.8, 4) is 0 Å². The number of aromatic nitrogens is 1. The first kappa shape index (κ1) is 18.2. The molecule has 2 atom stereocenters. The van der Waals surface area contributed by atoms with E-state index in [9.17, 15) is 9.90 Å². The van der Waals surface area contributed by atoms with Crippen LogP contribution in [0.4, 0.5) is 4.79 Å². The SMILES string of the molecule is Cc1cnc(C(C)NC(=O)N2CCN(CC(C)(C)O)CC2C)s1. The fraction of sp³-hybridized carbons (Fsp3) is 0.750. The van der Waals surface area contributed by atoms with Crippen molar-refractivity contribution >= 4 is 17.4 Å². The summed E-state index contributed by atoms with van der Waals surface area (Å²) >= 11 is 1.61. The Balaban J connectivity index is 1.88. The van der Waals surface area contributed by atoms with Gasteiger partial charge in [0.2, 0.25) is 0 Å². The van der Waals surface area contributed by atoms with Gasteiger partial charge in [-0.1, -0.05) is 0 Å². The van der Waals surface area contributed by atoms with E-state index in [0.717, 1.165) is 23.0 Å². The normalized spacial score (nSPS) is 21.3. The van der Waals surface area contributed by atoms with Gasteiger partial charge in [-0.3, -0.25) is 4.90 Å². The Morgan fingerprint density at radius 3 is 2.78 bits per heavy atom. The van der Waals surface area contributed by atoms with Crippen LogP contribution < -0.4 is 5.32 Å². The summed E-state index contributed by atoms with van der Waals surface area (Å²) in [5, 5.41) is 13.9. The number of rotatable bonds is 4. The van der Waals surface area contributed by atoms with Gasteiger partial charge in [0.05, 0.1) is 11.6 Å². The van der Waals surface area contributed by atoms with E-state index in [4.69, 9.17) is 0 Å². The van der Waals surface area contributed by atoms with Crippen molar-refractivity contribution in [3.63, 3.8) is 0 Å². The molecule has 1 aromatic heterocycles. The molecule has 2 heterocycles. The predicted octanol–water partition coefficient (Wildman–Crippen LogP) is 2.00. The minimum absolute atomic E-state index is 0.0410. The molecule has 1 saturated heterocycles. The highest BCUT2D eigenvalue weighted by molar-refractivity contribution is 7.11. The summed E-state index contributed by atoms with van der Waals surface area (Å²) in [6, 6.07) is -0.0000949. The average Bonchev–Trinajstić information content (AvgIpc) is 2.83. The molecule has 130 valence electrons. The van der Waals surface area contributed by atoms with E-state index >= 15 is 0 Å². The van der Waals surface area contributed by atoms with Gasteiger partial charge in [0.15, 0.2) is 0 Å². The number of nitrogens with one attached hydrogen (secondary N) is 1. The lowest BCUT2D eigenvalue weighted by atomic mass is 10.1. The Hall–Kier alpha value is -1.18. The highest BCUT2D eigenvalue weighted by atomic mass is 32.1. The van der Waals surface area contributed by atoms with E-state index in [1.165, 1.54) is 0 Å². The van der Waals surface area contributed by atoms with Gasteiger partial charge in [0, 0.05) is 43.3 Å². The third kappa shape index (κ3) is 5.16. The van der Waals surface area contributed by atoms with Crippen LogP contribution in [0.2, 0.25) is 0 Å². The molecule has 0 bridgehead atoms. The van der Waals surface area contributed by atoms with Gasteiger partial charge in [-0.25, -0.2) is 9.78 Å². The maximum atomic E-state index is 12.5. The molecule has 0 radical (unpaired) electrons. The first-order valence-electron chi connectivity index (χ1n) is 8.10. The maximum absolute atomic E-state index is 12.5. The van der Waals surface area contributed by atoms with E-state index < -0.39 is 5.60 Å². The van der Waals surface area contributed by atoms with Crippen LogP contribution in [0.5, 0.6) is 0 Å². The zero-order chi connectivity index (χ0) is 17.2. The molecular weight excluding hydrogens is 312 g/mol. The van der Waals surface area contributed by atoms with Gasteiger partial charge in [-0.15, -0.1) is 11.3 Å². The van der Waals surface area contributed by atoms with Crippen molar-refractivity contribution in [2.24, 2.45) is 0 Å². The first-order chi connectivity index (χ1) is 10.7. The summed E-state index contributed by atoms with van der Waals surface area (Å²) in [4.78, 5) is 22.1. The fourth-order valence-corrected chi connectivity index (χ4v) is 3.70. The third-order valence-electron chi connectivity index (χ3n) is 3.93. The summed E-state index contributed by atoms with van der Waals surface area (Å²) in [7, 11) is 0. The molecule has 1 aliphatic heterocycles. The monoisotopic (exact) mass is 340 g/mol. The van der Waals surface area contributed by atoms with Crippen molar-refractivity contribution in [1.82, 2.24) is 20.1 Å². The molecule has 0 spiro atoms. The van der Waals surface area contributed by atoms with Crippen molar-refractivity contribution in [1.29, 1.82) is 0 Å². The molecule has 2 amide bonds. The molecule has 23 heavy (non-hydrogen) atoms. The average molecular weight is 340 g/mol. The summed E-state index contributed by atoms with van der Waals surface area (Å²) in [6.07, 6.45) is 1.83. The van der Waals surface area contributed by atoms with Crippen LogP contribution >= 0.6 is 11.3 Å². The van der Waals surface area contributed by atoms with Crippen LogP contribution in [-0.2, 0) is 0 Å². The fourth-order valence-electron chi connectivity index (χ4n) is 2.93. The summed E-state index contributed by atoms with van der Waals surface area (Å²) in [5.74, 6) is 0. The number of aliphatic hydroxyl groups is 1. The number of thiazole rings is 1. The summed E-state index contributed by atoms with van der Waals surface area (Å²) in [5.41, 5.74) is -0.707. The van der Waals surface area contributed by atoms with E-state index in [1.807, 2.05) is 45.7 Å². The van der Waals surface area contributed by atoms with Crippen molar-refractivity contribution in [3.05, 3.63) is 16.1 Å². The highest BCUT2D eigenvalue weighted by Gasteiger charge is 2.30. The number of urea groups is 1. The lowest BCUT2D eigenvalue weighted by Gasteiger charge is -2.41. The molecule has 6 nitrogen and oxygen atoms in total. The molecule has 0 saturated carbocycles. The van der Waals surface area contributed by atoms with E-state index in [2.05, 4.69) is 15.2 Å². The lowest BCUT2D eigenvalue weighted by Crippen LogP contribution is -2.58. The Morgan fingerprint density at radius 2 is 2.26 bits per heavy atom. The molecule has 2 N–H and O–H groups in total. The number of piperazine rings is 1. The maximum Gasteiger partial charge on any atom is 0.318 e. The quantitative estimate of drug-likeness (QED) is 0.880. The number of amides is 2. The number of carbonyl (C=O) groups is 1. The van der Waals surface area contributed by atoms with Crippen LogP contribution in [0.3, 0.4) is 0 Å². The van der Waals surface area contributed by atoms with E-state index in [1.54, 1.807) is 11.3 Å². The Morgan fingerprint density at radius 1 is 1.57 bits per heavy atom. The molecular formula is C16H28N4O2S. The van der Waals surface area contributed by atoms with E-state index in [0.29, 0.717) is 13.1 Å². The number of hydrogen-bond acceptors (Lipinski definition) is 5. The van der Waals surface area contributed by atoms with Gasteiger partial charge >= 0.3 is 6.03 Å². The minimum atomic E-state index is -0.707. The lowest BCUT2D eigenvalue weighted by molar-refractivity contribution is 0.0117. The summed E-state index contributed by atoms with van der Waals surface area (Å²) < 4.78 is 0. The molecule has 0 aliphatic carbocycles. The largest absolute Gasteiger partial charge is 0.389 e. The van der Waals surface area contributed by atoms with Gasteiger partial charge < -0.3 is 15.3 Å². The van der Waals surface area contributed by atoms with Crippen LogP contribution in [0.15, 0.2) is 6.20 Å². The van der Waals surface area contributed by atoms with Gasteiger partial charge in [-0.05, 0) is 34.6 Å². The van der Waals surface area contributed by atoms with Gasteiger partial charge in [0.25, 0.3) is 0 Å². The predicted molar refractivity (Wildman–Crippen MR) is 92.7 cm³/mol. The molecule has 1 aliphatic rings. The Bertz CT molecular complexity index is 540. The van der Waals surface area contributed by atoms with Gasteiger partial charge in [0.1, 0.15) is 5.01 Å². The number of β-amino-alcohol motifs (C(OH)–C–C–N with tert-alkyl or cyclic N) is 1. The van der Waals surface area contributed by atoms with E-state index in [-0.39, 0.29) is 18.1 Å². The topological polar surface area (TPSA) is 68.7 Å². The Kier molecular flexibility index (Phi) is 5.65. The molecule has 7 heteroatoms. The summed E-state index contributed by atoms with van der Waals surface area (Å²) in [6.45, 7) is 12.5. The second-order valence-electron chi connectivity index (χ2n) is 7.07. The molecule has 2 unspecified atom stereocenters. The molecule has 2 rings (SSSR count). The Labute approximate surface area is 142 Å². The number of aryl methyl sites for hydroxylation is 1. The zero-order valence-electron chi connectivity index (χ0n) is 14.7. The third-order valence-corrected chi connectivity index (χ3v) is 5.03. The minimum Gasteiger partial charge on any atom is -0.389 e. The van der Waals surface area contributed by atoms with Crippen LogP contribution in [0.25, 0.3) is 0 Å². The van der Waals surface area contributed by atoms with Crippen LogP contribution in [0, 0.1) is 6.92 Å². The van der Waals surface area contributed by atoms with Crippen molar-refractivity contribution in [2.75, 3.05) is 26.2 Å². The molecule has 0 aromatic carbocycles. The van der Waals surface area contributed by atoms with Crippen LogP contribution in [0.1, 0.15) is 43.6 Å². The second-order valence-corrected chi connectivity index (χ2v) is 8.34.